The van der Waals surface area contributed by atoms with E-state index >= 15 is 0 Å². The predicted octanol–water partition coefficient (Wildman–Crippen LogP) is 2.69. The zero-order valence-electron chi connectivity index (χ0n) is 15.2. The standard InChI is InChI=1S/C19H19N3O6/c1-12-11-13(5-6-14(12)19(24)25)20-18(23)15-3-2-4-16(22(26)27)17(15)21-7-9-28-10-8-21/h2-6,11H,7-10H2,1H3,(H,20,23)(H,24,25). The summed E-state index contributed by atoms with van der Waals surface area (Å²) in [4.78, 5) is 36.8. The fraction of sp³-hybridized carbons (Fsp3) is 0.263. The molecule has 1 aliphatic rings. The molecule has 3 rings (SSSR count). The number of morpholine rings is 1. The summed E-state index contributed by atoms with van der Waals surface area (Å²) < 4.78 is 5.30. The lowest BCUT2D eigenvalue weighted by Gasteiger charge is -2.29. The number of para-hydroxylation sites is 1. The van der Waals surface area contributed by atoms with E-state index in [2.05, 4.69) is 5.32 Å². The van der Waals surface area contributed by atoms with Gasteiger partial charge in [-0.2, -0.15) is 0 Å². The molecule has 0 saturated carbocycles. The molecule has 0 radical (unpaired) electrons. The Morgan fingerprint density at radius 1 is 1.18 bits per heavy atom. The van der Waals surface area contributed by atoms with Crippen molar-refractivity contribution in [1.29, 1.82) is 0 Å². The smallest absolute Gasteiger partial charge is 0.335 e. The molecule has 1 aliphatic heterocycles. The zero-order chi connectivity index (χ0) is 20.3. The summed E-state index contributed by atoms with van der Waals surface area (Å²) in [5.41, 5.74) is 1.34. The monoisotopic (exact) mass is 385 g/mol. The van der Waals surface area contributed by atoms with E-state index in [1.807, 2.05) is 0 Å². The molecule has 0 bridgehead atoms. The van der Waals surface area contributed by atoms with E-state index in [9.17, 15) is 19.7 Å². The van der Waals surface area contributed by atoms with E-state index in [1.54, 1.807) is 17.9 Å². The van der Waals surface area contributed by atoms with Crippen molar-refractivity contribution < 1.29 is 24.4 Å². The van der Waals surface area contributed by atoms with Gasteiger partial charge in [0, 0.05) is 24.8 Å². The van der Waals surface area contributed by atoms with Crippen molar-refractivity contribution >= 4 is 28.9 Å². The van der Waals surface area contributed by atoms with Gasteiger partial charge in [-0.1, -0.05) is 6.07 Å². The molecule has 0 aromatic heterocycles. The lowest BCUT2D eigenvalue weighted by molar-refractivity contribution is -0.384. The summed E-state index contributed by atoms with van der Waals surface area (Å²) in [5.74, 6) is -1.56. The average Bonchev–Trinajstić information content (AvgIpc) is 2.67. The van der Waals surface area contributed by atoms with Crippen LogP contribution in [0.4, 0.5) is 17.1 Å². The summed E-state index contributed by atoms with van der Waals surface area (Å²) in [6, 6.07) is 8.81. The van der Waals surface area contributed by atoms with Crippen molar-refractivity contribution in [1.82, 2.24) is 0 Å². The third-order valence-electron chi connectivity index (χ3n) is 4.50. The van der Waals surface area contributed by atoms with Gasteiger partial charge in [0.15, 0.2) is 0 Å². The maximum absolute atomic E-state index is 12.9. The third-order valence-corrected chi connectivity index (χ3v) is 4.50. The highest BCUT2D eigenvalue weighted by Crippen LogP contribution is 2.33. The average molecular weight is 385 g/mol. The SMILES string of the molecule is Cc1cc(NC(=O)c2cccc([N+](=O)[O-])c2N2CCOCC2)ccc1C(=O)O. The first-order valence-electron chi connectivity index (χ1n) is 8.64. The zero-order valence-corrected chi connectivity index (χ0v) is 15.2. The van der Waals surface area contributed by atoms with Gasteiger partial charge in [-0.3, -0.25) is 14.9 Å². The molecular weight excluding hydrogens is 366 g/mol. The number of rotatable bonds is 5. The Morgan fingerprint density at radius 3 is 2.50 bits per heavy atom. The number of nitro groups is 1. The van der Waals surface area contributed by atoms with E-state index in [0.29, 0.717) is 37.6 Å². The topological polar surface area (TPSA) is 122 Å². The number of carbonyl (C=O) groups excluding carboxylic acids is 1. The molecule has 0 unspecified atom stereocenters. The number of aromatic carboxylic acids is 1. The normalized spacial score (nSPS) is 13.8. The molecule has 0 aliphatic carbocycles. The minimum absolute atomic E-state index is 0.141. The Bertz CT molecular complexity index is 937. The molecule has 1 fully saturated rings. The Morgan fingerprint density at radius 2 is 1.89 bits per heavy atom. The predicted molar refractivity (Wildman–Crippen MR) is 102 cm³/mol. The minimum atomic E-state index is -1.05. The van der Waals surface area contributed by atoms with Crippen molar-refractivity contribution in [3.63, 3.8) is 0 Å². The summed E-state index contributed by atoms with van der Waals surface area (Å²) in [7, 11) is 0. The highest BCUT2D eigenvalue weighted by Gasteiger charge is 2.27. The maximum Gasteiger partial charge on any atom is 0.335 e. The fourth-order valence-corrected chi connectivity index (χ4v) is 3.16. The number of aryl methyl sites for hydroxylation is 1. The van der Waals surface area contributed by atoms with Gasteiger partial charge in [0.1, 0.15) is 5.69 Å². The van der Waals surface area contributed by atoms with Crippen LogP contribution in [0.5, 0.6) is 0 Å². The maximum atomic E-state index is 12.9. The second-order valence-electron chi connectivity index (χ2n) is 6.32. The summed E-state index contributed by atoms with van der Waals surface area (Å²) in [6.45, 7) is 3.35. The molecule has 9 nitrogen and oxygen atoms in total. The van der Waals surface area contributed by atoms with Crippen molar-refractivity contribution in [2.45, 2.75) is 6.92 Å². The molecule has 1 amide bonds. The lowest BCUT2D eigenvalue weighted by atomic mass is 10.1. The van der Waals surface area contributed by atoms with Crippen molar-refractivity contribution in [3.8, 4) is 0 Å². The lowest BCUT2D eigenvalue weighted by Crippen LogP contribution is -2.37. The Balaban J connectivity index is 1.95. The number of hydrogen-bond acceptors (Lipinski definition) is 6. The van der Waals surface area contributed by atoms with Gasteiger partial charge in [-0.05, 0) is 36.8 Å². The second-order valence-corrected chi connectivity index (χ2v) is 6.32. The van der Waals surface area contributed by atoms with Crippen LogP contribution in [0.15, 0.2) is 36.4 Å². The third kappa shape index (κ3) is 3.94. The first kappa shape index (κ1) is 19.3. The molecular formula is C19H19N3O6. The van der Waals surface area contributed by atoms with E-state index in [1.165, 1.54) is 30.3 Å². The number of carboxylic acid groups (broad SMARTS) is 1. The second kappa shape index (κ2) is 8.05. The number of amides is 1. The summed E-state index contributed by atoms with van der Waals surface area (Å²) >= 11 is 0. The number of nitrogens with zero attached hydrogens (tertiary/aromatic N) is 2. The highest BCUT2D eigenvalue weighted by molar-refractivity contribution is 6.09. The van der Waals surface area contributed by atoms with Gasteiger partial charge >= 0.3 is 5.97 Å². The fourth-order valence-electron chi connectivity index (χ4n) is 3.16. The molecule has 1 saturated heterocycles. The van der Waals surface area contributed by atoms with E-state index in [4.69, 9.17) is 9.84 Å². The van der Waals surface area contributed by atoms with Crippen LogP contribution in [0, 0.1) is 17.0 Å². The van der Waals surface area contributed by atoms with Crippen molar-refractivity contribution in [3.05, 3.63) is 63.2 Å². The number of anilines is 2. The number of benzene rings is 2. The van der Waals surface area contributed by atoms with Crippen LogP contribution in [0.3, 0.4) is 0 Å². The van der Waals surface area contributed by atoms with Gasteiger partial charge in [0.05, 0.1) is 29.3 Å². The highest BCUT2D eigenvalue weighted by atomic mass is 16.6. The Kier molecular flexibility index (Phi) is 5.55. The first-order valence-corrected chi connectivity index (χ1v) is 8.64. The van der Waals surface area contributed by atoms with Gasteiger partial charge in [0.25, 0.3) is 11.6 Å². The minimum Gasteiger partial charge on any atom is -0.478 e. The number of nitro benzene ring substituents is 1. The van der Waals surface area contributed by atoms with Crippen molar-refractivity contribution in [2.75, 3.05) is 36.5 Å². The number of carboxylic acids is 1. The first-order chi connectivity index (χ1) is 13.4. The quantitative estimate of drug-likeness (QED) is 0.599. The molecule has 2 aromatic carbocycles. The van der Waals surface area contributed by atoms with Gasteiger partial charge in [0.2, 0.25) is 0 Å². The van der Waals surface area contributed by atoms with Crippen LogP contribution in [0.1, 0.15) is 26.3 Å². The number of carbonyl (C=O) groups is 2. The van der Waals surface area contributed by atoms with Crippen LogP contribution in [0.25, 0.3) is 0 Å². The molecule has 146 valence electrons. The summed E-state index contributed by atoms with van der Waals surface area (Å²) in [5, 5.41) is 23.3. The molecule has 0 spiro atoms. The number of hydrogen-bond donors (Lipinski definition) is 2. The van der Waals surface area contributed by atoms with Gasteiger partial charge < -0.3 is 20.1 Å². The van der Waals surface area contributed by atoms with Crippen LogP contribution in [-0.2, 0) is 4.74 Å². The van der Waals surface area contributed by atoms with E-state index in [-0.39, 0.29) is 22.5 Å². The van der Waals surface area contributed by atoms with Gasteiger partial charge in [-0.25, -0.2) is 4.79 Å². The van der Waals surface area contributed by atoms with Gasteiger partial charge in [-0.15, -0.1) is 0 Å². The molecule has 1 heterocycles. The van der Waals surface area contributed by atoms with Crippen LogP contribution in [0.2, 0.25) is 0 Å². The Labute approximate surface area is 160 Å². The molecule has 2 N–H and O–H groups in total. The molecule has 28 heavy (non-hydrogen) atoms. The molecule has 9 heteroatoms. The Hall–Kier alpha value is -3.46. The summed E-state index contributed by atoms with van der Waals surface area (Å²) in [6.07, 6.45) is 0. The largest absolute Gasteiger partial charge is 0.478 e. The van der Waals surface area contributed by atoms with Crippen molar-refractivity contribution in [2.24, 2.45) is 0 Å². The van der Waals surface area contributed by atoms with E-state index in [0.717, 1.165) is 0 Å². The van der Waals surface area contributed by atoms with Crippen LogP contribution >= 0.6 is 0 Å². The van der Waals surface area contributed by atoms with Crippen LogP contribution in [-0.4, -0.2) is 48.2 Å². The molecule has 2 aromatic rings. The molecule has 0 atom stereocenters. The van der Waals surface area contributed by atoms with Crippen LogP contribution < -0.4 is 10.2 Å². The van der Waals surface area contributed by atoms with E-state index < -0.39 is 16.8 Å². The number of ether oxygens (including phenoxy) is 1. The number of nitrogens with one attached hydrogen (secondary N) is 1.